The zero-order valence-corrected chi connectivity index (χ0v) is 12.8. The van der Waals surface area contributed by atoms with Crippen LogP contribution in [0.1, 0.15) is 26.7 Å². The Bertz CT molecular complexity index is 381. The molecular weight excluding hydrogens is 258 g/mol. The Morgan fingerprint density at radius 2 is 1.90 bits per heavy atom. The van der Waals surface area contributed by atoms with Gasteiger partial charge in [0.1, 0.15) is 0 Å². The second kappa shape index (κ2) is 6.24. The van der Waals surface area contributed by atoms with E-state index >= 15 is 0 Å². The van der Waals surface area contributed by atoms with Crippen LogP contribution in [0.3, 0.4) is 0 Å². The fourth-order valence-corrected chi connectivity index (χ4v) is 3.12. The minimum atomic E-state index is -0.831. The highest BCUT2D eigenvalue weighted by Crippen LogP contribution is 2.34. The molecule has 1 fully saturated rings. The molecule has 2 aliphatic heterocycles. The van der Waals surface area contributed by atoms with Gasteiger partial charge < -0.3 is 19.1 Å². The van der Waals surface area contributed by atoms with Crippen LogP contribution in [0.25, 0.3) is 0 Å². The highest BCUT2D eigenvalue weighted by molar-refractivity contribution is 5.89. The van der Waals surface area contributed by atoms with Crippen molar-refractivity contribution in [3.05, 3.63) is 11.6 Å². The molecule has 0 bridgehead atoms. The Labute approximate surface area is 120 Å². The first kappa shape index (κ1) is 15.5. The van der Waals surface area contributed by atoms with Crippen molar-refractivity contribution in [1.82, 2.24) is 4.90 Å². The van der Waals surface area contributed by atoms with Gasteiger partial charge in [-0.05, 0) is 32.3 Å². The average Bonchev–Trinajstić information content (AvgIpc) is 2.96. The maximum atomic E-state index is 13.0. The van der Waals surface area contributed by atoms with E-state index in [1.807, 2.05) is 24.8 Å². The number of hydrogen-bond acceptors (Lipinski definition) is 4. The smallest absolute Gasteiger partial charge is 0.259 e. The van der Waals surface area contributed by atoms with E-state index in [2.05, 4.69) is 0 Å². The second-order valence-electron chi connectivity index (χ2n) is 5.74. The number of amides is 1. The molecule has 1 amide bonds. The van der Waals surface area contributed by atoms with Gasteiger partial charge in [-0.1, -0.05) is 6.08 Å². The van der Waals surface area contributed by atoms with Crippen molar-refractivity contribution in [2.45, 2.75) is 44.4 Å². The molecule has 5 heteroatoms. The van der Waals surface area contributed by atoms with Crippen molar-refractivity contribution in [2.24, 2.45) is 0 Å². The molecule has 0 spiro atoms. The Morgan fingerprint density at radius 1 is 1.35 bits per heavy atom. The van der Waals surface area contributed by atoms with Gasteiger partial charge in [0.05, 0.1) is 31.9 Å². The van der Waals surface area contributed by atoms with Crippen molar-refractivity contribution < 1.29 is 19.0 Å². The van der Waals surface area contributed by atoms with E-state index in [9.17, 15) is 4.79 Å². The Hall–Kier alpha value is -0.910. The van der Waals surface area contributed by atoms with Crippen LogP contribution in [0, 0.1) is 0 Å². The van der Waals surface area contributed by atoms with Crippen LogP contribution in [-0.2, 0) is 19.0 Å². The molecule has 114 valence electrons. The first-order valence-electron chi connectivity index (χ1n) is 7.16. The topological polar surface area (TPSA) is 48.0 Å². The number of rotatable bonds is 5. The lowest BCUT2D eigenvalue weighted by Crippen LogP contribution is -2.54. The molecule has 0 saturated carbocycles. The summed E-state index contributed by atoms with van der Waals surface area (Å²) in [4.78, 5) is 14.9. The van der Waals surface area contributed by atoms with Crippen molar-refractivity contribution in [2.75, 3.05) is 34.0 Å². The Morgan fingerprint density at radius 3 is 2.30 bits per heavy atom. The van der Waals surface area contributed by atoms with Crippen LogP contribution >= 0.6 is 0 Å². The number of hydrogen-bond donors (Lipinski definition) is 0. The number of methoxy groups -OCH3 is 2. The number of ether oxygens (including phenoxy) is 3. The number of nitrogens with zero attached hydrogens (tertiary/aromatic N) is 1. The van der Waals surface area contributed by atoms with Gasteiger partial charge in [-0.2, -0.15) is 0 Å². The minimum Gasteiger partial charge on any atom is -0.383 e. The molecule has 0 radical (unpaired) electrons. The van der Waals surface area contributed by atoms with E-state index in [1.165, 1.54) is 0 Å². The molecule has 0 aromatic rings. The van der Waals surface area contributed by atoms with E-state index in [0.29, 0.717) is 19.8 Å². The van der Waals surface area contributed by atoms with Crippen molar-refractivity contribution >= 4 is 5.91 Å². The third-order valence-electron chi connectivity index (χ3n) is 4.49. The third kappa shape index (κ3) is 2.62. The van der Waals surface area contributed by atoms with Crippen LogP contribution in [0.5, 0.6) is 0 Å². The summed E-state index contributed by atoms with van der Waals surface area (Å²) in [5.41, 5.74) is 0.157. The van der Waals surface area contributed by atoms with Gasteiger partial charge >= 0.3 is 0 Å². The number of carbonyl (C=O) groups is 1. The van der Waals surface area contributed by atoms with Crippen molar-refractivity contribution in [3.8, 4) is 0 Å². The van der Waals surface area contributed by atoms with Gasteiger partial charge in [-0.3, -0.25) is 4.79 Å². The molecular formula is C15H25NO4. The molecule has 20 heavy (non-hydrogen) atoms. The van der Waals surface area contributed by atoms with E-state index in [4.69, 9.17) is 14.2 Å². The summed E-state index contributed by atoms with van der Waals surface area (Å²) in [6.45, 7) is 5.44. The molecule has 0 aliphatic carbocycles. The van der Waals surface area contributed by atoms with Gasteiger partial charge in [-0.25, -0.2) is 0 Å². The molecule has 5 nitrogen and oxygen atoms in total. The number of carbonyl (C=O) groups excluding carboxylic acids is 1. The van der Waals surface area contributed by atoms with E-state index in [1.54, 1.807) is 14.2 Å². The van der Waals surface area contributed by atoms with E-state index in [0.717, 1.165) is 18.4 Å². The van der Waals surface area contributed by atoms with Gasteiger partial charge in [0.2, 0.25) is 0 Å². The summed E-state index contributed by atoms with van der Waals surface area (Å²) in [5.74, 6) is 0.0327. The SMILES string of the molecule is COC[C@H]1CC[C@H](COC)N1C(=O)[C@]1(C)OCC=C1C. The summed E-state index contributed by atoms with van der Waals surface area (Å²) in [7, 11) is 3.34. The molecule has 0 aromatic carbocycles. The number of likely N-dealkylation sites (tertiary alicyclic amines) is 1. The zero-order chi connectivity index (χ0) is 14.8. The monoisotopic (exact) mass is 283 g/mol. The summed E-state index contributed by atoms with van der Waals surface area (Å²) >= 11 is 0. The van der Waals surface area contributed by atoms with Crippen LogP contribution in [0.2, 0.25) is 0 Å². The first-order chi connectivity index (χ1) is 9.54. The summed E-state index contributed by atoms with van der Waals surface area (Å²) in [6.07, 6.45) is 3.88. The maximum absolute atomic E-state index is 13.0. The molecule has 3 atom stereocenters. The maximum Gasteiger partial charge on any atom is 0.259 e. The van der Waals surface area contributed by atoms with Gasteiger partial charge in [0, 0.05) is 14.2 Å². The molecule has 2 heterocycles. The lowest BCUT2D eigenvalue weighted by molar-refractivity contribution is -0.154. The highest BCUT2D eigenvalue weighted by Gasteiger charge is 2.47. The quantitative estimate of drug-likeness (QED) is 0.715. The lowest BCUT2D eigenvalue weighted by atomic mass is 9.96. The fourth-order valence-electron chi connectivity index (χ4n) is 3.12. The Balaban J connectivity index is 2.20. The molecule has 0 aromatic heterocycles. The predicted octanol–water partition coefficient (Wildman–Crippen LogP) is 1.37. The standard InChI is InChI=1S/C15H25NO4/c1-11-7-8-20-15(11,2)14(17)16-12(9-18-3)5-6-13(16)10-19-4/h7,12-13H,5-6,8-10H2,1-4H3/t12-,13-,15-/m1/s1. The molecule has 2 aliphatic rings. The summed E-state index contributed by atoms with van der Waals surface area (Å²) < 4.78 is 16.2. The molecule has 0 unspecified atom stereocenters. The second-order valence-corrected chi connectivity index (χ2v) is 5.74. The summed E-state index contributed by atoms with van der Waals surface area (Å²) in [5, 5.41) is 0. The van der Waals surface area contributed by atoms with Crippen LogP contribution in [-0.4, -0.2) is 62.5 Å². The van der Waals surface area contributed by atoms with E-state index < -0.39 is 5.60 Å². The normalized spacial score (nSPS) is 33.6. The van der Waals surface area contributed by atoms with Crippen LogP contribution in [0.15, 0.2) is 11.6 Å². The van der Waals surface area contributed by atoms with Gasteiger partial charge in [0.15, 0.2) is 5.60 Å². The van der Waals surface area contributed by atoms with Gasteiger partial charge in [-0.15, -0.1) is 0 Å². The fraction of sp³-hybridized carbons (Fsp3) is 0.800. The zero-order valence-electron chi connectivity index (χ0n) is 12.8. The minimum absolute atomic E-state index is 0.0327. The Kier molecular flexibility index (Phi) is 4.83. The molecule has 1 saturated heterocycles. The largest absolute Gasteiger partial charge is 0.383 e. The van der Waals surface area contributed by atoms with Crippen molar-refractivity contribution in [1.29, 1.82) is 0 Å². The molecule has 2 rings (SSSR count). The van der Waals surface area contributed by atoms with Crippen LogP contribution in [0.4, 0.5) is 0 Å². The van der Waals surface area contributed by atoms with E-state index in [-0.39, 0.29) is 18.0 Å². The predicted molar refractivity (Wildman–Crippen MR) is 75.5 cm³/mol. The third-order valence-corrected chi connectivity index (χ3v) is 4.49. The molecule has 0 N–H and O–H groups in total. The summed E-state index contributed by atoms with van der Waals surface area (Å²) in [6, 6.07) is 0.225. The van der Waals surface area contributed by atoms with Gasteiger partial charge in [0.25, 0.3) is 5.91 Å². The lowest BCUT2D eigenvalue weighted by Gasteiger charge is -2.36. The first-order valence-corrected chi connectivity index (χ1v) is 7.16. The average molecular weight is 283 g/mol. The van der Waals surface area contributed by atoms with Crippen molar-refractivity contribution in [3.63, 3.8) is 0 Å². The highest BCUT2D eigenvalue weighted by atomic mass is 16.5. The van der Waals surface area contributed by atoms with Crippen LogP contribution < -0.4 is 0 Å².